The van der Waals surface area contributed by atoms with Crippen molar-refractivity contribution in [1.82, 2.24) is 9.80 Å². The third-order valence-electron chi connectivity index (χ3n) is 7.40. The Bertz CT molecular complexity index is 1060. The predicted molar refractivity (Wildman–Crippen MR) is 143 cm³/mol. The largest absolute Gasteiger partial charge is 0.465 e. The molecule has 0 unspecified atom stereocenters. The Kier molecular flexibility index (Phi) is 7.59. The standard InChI is InChI=1S/C29H39N3O4/c1-28(2,3)36-27(35)30(4)17-8-9-22-12-13-24(23-10-6-5-7-11-23)25(21-22)32(26(33)34)29-14-18-31(19-15-29)20-16-29/h5-7,10-13,21H,8-9,14-20H2,1-4H3,(H,33,34). The summed E-state index contributed by atoms with van der Waals surface area (Å²) in [5.41, 5.74) is 2.90. The smallest absolute Gasteiger partial charge is 0.412 e. The second-order valence-corrected chi connectivity index (χ2v) is 11.2. The van der Waals surface area contributed by atoms with Crippen LogP contribution in [0.1, 0.15) is 52.0 Å². The lowest BCUT2D eigenvalue weighted by Gasteiger charge is -2.53. The molecule has 3 saturated heterocycles. The van der Waals surface area contributed by atoms with E-state index in [9.17, 15) is 14.7 Å². The first-order chi connectivity index (χ1) is 17.1. The van der Waals surface area contributed by atoms with Gasteiger partial charge in [-0.2, -0.15) is 0 Å². The van der Waals surface area contributed by atoms with Crippen molar-refractivity contribution in [1.29, 1.82) is 0 Å². The van der Waals surface area contributed by atoms with Crippen LogP contribution in [-0.2, 0) is 11.2 Å². The molecule has 0 aliphatic carbocycles. The van der Waals surface area contributed by atoms with Gasteiger partial charge in [0.15, 0.2) is 0 Å². The van der Waals surface area contributed by atoms with Crippen molar-refractivity contribution in [3.8, 4) is 11.1 Å². The molecule has 3 aliphatic heterocycles. The van der Waals surface area contributed by atoms with Crippen molar-refractivity contribution in [2.45, 2.75) is 64.0 Å². The normalized spacial score (nSPS) is 21.2. The minimum atomic E-state index is -0.885. The molecule has 7 nitrogen and oxygen atoms in total. The Labute approximate surface area is 214 Å². The minimum Gasteiger partial charge on any atom is -0.465 e. The van der Waals surface area contributed by atoms with Gasteiger partial charge in [-0.1, -0.05) is 42.5 Å². The van der Waals surface area contributed by atoms with Crippen LogP contribution in [0.3, 0.4) is 0 Å². The molecule has 2 amide bonds. The van der Waals surface area contributed by atoms with Crippen LogP contribution in [0, 0.1) is 0 Å². The van der Waals surface area contributed by atoms with E-state index in [4.69, 9.17) is 4.74 Å². The number of benzene rings is 2. The number of carbonyl (C=O) groups is 2. The lowest BCUT2D eigenvalue weighted by Crippen LogP contribution is -2.62. The van der Waals surface area contributed by atoms with Gasteiger partial charge in [0.05, 0.1) is 11.2 Å². The van der Waals surface area contributed by atoms with E-state index in [2.05, 4.69) is 23.1 Å². The molecule has 0 spiro atoms. The van der Waals surface area contributed by atoms with Crippen LogP contribution < -0.4 is 4.90 Å². The van der Waals surface area contributed by atoms with E-state index >= 15 is 0 Å². The maximum atomic E-state index is 12.8. The molecule has 5 rings (SSSR count). The molecule has 0 radical (unpaired) electrons. The number of aryl methyl sites for hydroxylation is 1. The molecular weight excluding hydrogens is 454 g/mol. The van der Waals surface area contributed by atoms with Gasteiger partial charge in [-0.25, -0.2) is 9.59 Å². The molecule has 2 aromatic rings. The van der Waals surface area contributed by atoms with Gasteiger partial charge < -0.3 is 19.6 Å². The highest BCUT2D eigenvalue weighted by Gasteiger charge is 2.47. The van der Waals surface area contributed by atoms with E-state index in [1.54, 1.807) is 16.8 Å². The number of fused-ring (bicyclic) bond motifs is 3. The van der Waals surface area contributed by atoms with Crippen LogP contribution in [0.5, 0.6) is 0 Å². The van der Waals surface area contributed by atoms with Gasteiger partial charge in [-0.3, -0.25) is 4.90 Å². The molecule has 1 N–H and O–H groups in total. The summed E-state index contributed by atoms with van der Waals surface area (Å²) in [4.78, 5) is 30.8. The molecule has 36 heavy (non-hydrogen) atoms. The highest BCUT2D eigenvalue weighted by Crippen LogP contribution is 2.43. The van der Waals surface area contributed by atoms with E-state index in [1.807, 2.05) is 51.1 Å². The second kappa shape index (κ2) is 10.5. The average Bonchev–Trinajstić information content (AvgIpc) is 2.84. The van der Waals surface area contributed by atoms with Crippen LogP contribution in [0.15, 0.2) is 48.5 Å². The number of piperidine rings is 3. The maximum Gasteiger partial charge on any atom is 0.412 e. The first-order valence-electron chi connectivity index (χ1n) is 13.0. The summed E-state index contributed by atoms with van der Waals surface area (Å²) in [7, 11) is 1.75. The molecule has 194 valence electrons. The fourth-order valence-electron chi connectivity index (χ4n) is 5.44. The molecule has 0 aromatic heterocycles. The van der Waals surface area contributed by atoms with Crippen molar-refractivity contribution >= 4 is 17.9 Å². The summed E-state index contributed by atoms with van der Waals surface area (Å²) in [5.74, 6) is 0. The van der Waals surface area contributed by atoms with Gasteiger partial charge in [-0.15, -0.1) is 0 Å². The van der Waals surface area contributed by atoms with Crippen molar-refractivity contribution in [2.24, 2.45) is 0 Å². The first-order valence-corrected chi connectivity index (χ1v) is 13.0. The van der Waals surface area contributed by atoms with Crippen LogP contribution in [-0.4, -0.2) is 71.5 Å². The van der Waals surface area contributed by atoms with E-state index < -0.39 is 11.7 Å². The van der Waals surface area contributed by atoms with Gasteiger partial charge >= 0.3 is 12.2 Å². The lowest BCUT2D eigenvalue weighted by atomic mass is 9.78. The maximum absolute atomic E-state index is 12.8. The Hall–Kier alpha value is -3.06. The quantitative estimate of drug-likeness (QED) is 0.522. The van der Waals surface area contributed by atoms with Crippen molar-refractivity contribution in [3.05, 3.63) is 54.1 Å². The fourth-order valence-corrected chi connectivity index (χ4v) is 5.44. The number of amides is 2. The Morgan fingerprint density at radius 2 is 1.67 bits per heavy atom. The number of ether oxygens (including phenoxy) is 1. The van der Waals surface area contributed by atoms with Crippen LogP contribution >= 0.6 is 0 Å². The molecule has 2 aromatic carbocycles. The molecule has 3 heterocycles. The summed E-state index contributed by atoms with van der Waals surface area (Å²) in [6.07, 6.45) is 2.86. The molecule has 3 aliphatic rings. The third kappa shape index (κ3) is 5.84. The monoisotopic (exact) mass is 493 g/mol. The number of anilines is 1. The van der Waals surface area contributed by atoms with Gasteiger partial charge in [0.1, 0.15) is 5.60 Å². The van der Waals surface area contributed by atoms with Gasteiger partial charge in [0, 0.05) is 38.8 Å². The summed E-state index contributed by atoms with van der Waals surface area (Å²) >= 11 is 0. The van der Waals surface area contributed by atoms with E-state index in [0.29, 0.717) is 6.54 Å². The summed E-state index contributed by atoms with van der Waals surface area (Å²) < 4.78 is 5.45. The number of hydrogen-bond donors (Lipinski definition) is 1. The number of hydrogen-bond acceptors (Lipinski definition) is 4. The van der Waals surface area contributed by atoms with Gasteiger partial charge in [0.2, 0.25) is 0 Å². The SMILES string of the molecule is CN(CCCc1ccc(-c2ccccc2)c(N(C(=O)O)C23CCN(CC2)CC3)c1)C(=O)OC(C)(C)C. The van der Waals surface area contributed by atoms with Crippen molar-refractivity contribution < 1.29 is 19.4 Å². The molecule has 7 heteroatoms. The Morgan fingerprint density at radius 3 is 2.25 bits per heavy atom. The van der Waals surface area contributed by atoms with Crippen molar-refractivity contribution in [2.75, 3.05) is 38.1 Å². The van der Waals surface area contributed by atoms with Crippen molar-refractivity contribution in [3.63, 3.8) is 0 Å². The summed E-state index contributed by atoms with van der Waals surface area (Å²) in [5, 5.41) is 10.5. The third-order valence-corrected chi connectivity index (χ3v) is 7.40. The van der Waals surface area contributed by atoms with E-state index in [0.717, 1.165) is 74.1 Å². The number of rotatable bonds is 7. The fraction of sp³-hybridized carbons (Fsp3) is 0.517. The predicted octanol–water partition coefficient (Wildman–Crippen LogP) is 5.88. The Morgan fingerprint density at radius 1 is 1.03 bits per heavy atom. The second-order valence-electron chi connectivity index (χ2n) is 11.2. The first kappa shape index (κ1) is 26.0. The highest BCUT2D eigenvalue weighted by atomic mass is 16.6. The topological polar surface area (TPSA) is 73.3 Å². The summed E-state index contributed by atoms with van der Waals surface area (Å²) in [6.45, 7) is 8.98. The molecule has 3 fully saturated rings. The van der Waals surface area contributed by atoms with E-state index in [-0.39, 0.29) is 11.6 Å². The van der Waals surface area contributed by atoms with Crippen LogP contribution in [0.4, 0.5) is 15.3 Å². The number of carbonyl (C=O) groups excluding carboxylic acids is 1. The molecular formula is C29H39N3O4. The lowest BCUT2D eigenvalue weighted by molar-refractivity contribution is 0.0297. The highest BCUT2D eigenvalue weighted by molar-refractivity contribution is 5.94. The van der Waals surface area contributed by atoms with Gasteiger partial charge in [0.25, 0.3) is 0 Å². The van der Waals surface area contributed by atoms with Crippen LogP contribution in [0.2, 0.25) is 0 Å². The zero-order valence-electron chi connectivity index (χ0n) is 22.0. The zero-order valence-corrected chi connectivity index (χ0v) is 22.0. The number of nitrogens with zero attached hydrogens (tertiary/aromatic N) is 3. The molecule has 0 atom stereocenters. The average molecular weight is 494 g/mol. The van der Waals surface area contributed by atoms with Crippen LogP contribution in [0.25, 0.3) is 11.1 Å². The van der Waals surface area contributed by atoms with E-state index in [1.165, 1.54) is 0 Å². The summed E-state index contributed by atoms with van der Waals surface area (Å²) in [6, 6.07) is 16.2. The Balaban J connectivity index is 1.60. The van der Waals surface area contributed by atoms with Gasteiger partial charge in [-0.05, 0) is 70.1 Å². The number of carboxylic acid groups (broad SMARTS) is 1. The molecule has 0 saturated carbocycles. The molecule has 2 bridgehead atoms. The minimum absolute atomic E-state index is 0.331. The zero-order chi connectivity index (χ0) is 25.9.